The van der Waals surface area contributed by atoms with E-state index in [4.69, 9.17) is 9.47 Å². The third-order valence-corrected chi connectivity index (χ3v) is 3.49. The lowest BCUT2D eigenvalue weighted by Crippen LogP contribution is -2.50. The summed E-state index contributed by atoms with van der Waals surface area (Å²) in [6, 6.07) is 0. The van der Waals surface area contributed by atoms with Gasteiger partial charge in [-0.1, -0.05) is 20.8 Å². The summed E-state index contributed by atoms with van der Waals surface area (Å²) >= 11 is 0. The molecule has 0 rings (SSSR count). The number of likely N-dealkylation sites (N-methyl/N-ethyl adjacent to an activating group) is 1. The standard InChI is InChI=1S/C16H33NO3/c1-6-17-16(4,15(18)19-5)11-7-8-12-20-13-9-10-14(2)3/h14,17H,6-13H2,1-5H3. The van der Waals surface area contributed by atoms with Crippen LogP contribution in [0, 0.1) is 5.92 Å². The highest BCUT2D eigenvalue weighted by Gasteiger charge is 2.32. The molecule has 0 aliphatic rings. The predicted octanol–water partition coefficient (Wildman–Crippen LogP) is 3.15. The van der Waals surface area contributed by atoms with E-state index in [0.29, 0.717) is 0 Å². The van der Waals surface area contributed by atoms with Crippen LogP contribution in [0.2, 0.25) is 0 Å². The lowest BCUT2D eigenvalue weighted by Gasteiger charge is -2.27. The van der Waals surface area contributed by atoms with Gasteiger partial charge in [0.15, 0.2) is 0 Å². The molecule has 0 aromatic rings. The molecule has 0 aromatic heterocycles. The Morgan fingerprint density at radius 2 is 1.85 bits per heavy atom. The maximum Gasteiger partial charge on any atom is 0.325 e. The number of ether oxygens (including phenoxy) is 2. The van der Waals surface area contributed by atoms with Gasteiger partial charge in [-0.2, -0.15) is 0 Å². The van der Waals surface area contributed by atoms with Crippen LogP contribution in [0.1, 0.15) is 59.8 Å². The second-order valence-electron chi connectivity index (χ2n) is 5.96. The van der Waals surface area contributed by atoms with E-state index in [0.717, 1.165) is 51.4 Å². The number of rotatable bonds is 12. The van der Waals surface area contributed by atoms with E-state index in [1.165, 1.54) is 13.5 Å². The van der Waals surface area contributed by atoms with Gasteiger partial charge in [0.05, 0.1) is 7.11 Å². The second kappa shape index (κ2) is 11.1. The van der Waals surface area contributed by atoms with Crippen molar-refractivity contribution in [2.75, 3.05) is 26.9 Å². The molecule has 20 heavy (non-hydrogen) atoms. The Balaban J connectivity index is 3.72. The van der Waals surface area contributed by atoms with Crippen molar-refractivity contribution in [3.05, 3.63) is 0 Å². The molecule has 1 unspecified atom stereocenters. The summed E-state index contributed by atoms with van der Waals surface area (Å²) in [5.41, 5.74) is -0.568. The molecule has 1 N–H and O–H groups in total. The average molecular weight is 287 g/mol. The first-order chi connectivity index (χ1) is 9.46. The van der Waals surface area contributed by atoms with Gasteiger partial charge in [0.25, 0.3) is 0 Å². The number of unbranched alkanes of at least 4 members (excludes halogenated alkanes) is 1. The van der Waals surface area contributed by atoms with Crippen molar-refractivity contribution in [2.45, 2.75) is 65.3 Å². The number of esters is 1. The summed E-state index contributed by atoms with van der Waals surface area (Å²) in [4.78, 5) is 11.8. The molecule has 0 aliphatic carbocycles. The molecule has 0 aromatic carbocycles. The van der Waals surface area contributed by atoms with Crippen LogP contribution in [0.15, 0.2) is 0 Å². The van der Waals surface area contributed by atoms with Gasteiger partial charge < -0.3 is 14.8 Å². The van der Waals surface area contributed by atoms with Crippen LogP contribution in [0.25, 0.3) is 0 Å². The van der Waals surface area contributed by atoms with Crippen molar-refractivity contribution >= 4 is 5.97 Å². The maximum absolute atomic E-state index is 11.8. The van der Waals surface area contributed by atoms with Crippen molar-refractivity contribution in [1.29, 1.82) is 0 Å². The van der Waals surface area contributed by atoms with E-state index in [1.807, 2.05) is 13.8 Å². The van der Waals surface area contributed by atoms with Crippen LogP contribution in [-0.2, 0) is 14.3 Å². The van der Waals surface area contributed by atoms with E-state index >= 15 is 0 Å². The molecule has 0 heterocycles. The first-order valence-corrected chi connectivity index (χ1v) is 7.87. The number of carbonyl (C=O) groups excluding carboxylic acids is 1. The Labute approximate surface area is 124 Å². The van der Waals surface area contributed by atoms with Crippen molar-refractivity contribution in [1.82, 2.24) is 5.32 Å². The largest absolute Gasteiger partial charge is 0.468 e. The van der Waals surface area contributed by atoms with Crippen LogP contribution in [0.4, 0.5) is 0 Å². The highest BCUT2D eigenvalue weighted by Crippen LogP contribution is 2.16. The molecular weight excluding hydrogens is 254 g/mol. The highest BCUT2D eigenvalue weighted by atomic mass is 16.5. The molecule has 1 atom stereocenters. The Bertz CT molecular complexity index is 256. The van der Waals surface area contributed by atoms with E-state index < -0.39 is 5.54 Å². The van der Waals surface area contributed by atoms with E-state index in [1.54, 1.807) is 0 Å². The van der Waals surface area contributed by atoms with Crippen LogP contribution >= 0.6 is 0 Å². The Hall–Kier alpha value is -0.610. The molecular formula is C16H33NO3. The topological polar surface area (TPSA) is 47.6 Å². The van der Waals surface area contributed by atoms with Gasteiger partial charge in [-0.15, -0.1) is 0 Å². The Morgan fingerprint density at radius 3 is 2.40 bits per heavy atom. The normalized spacial score (nSPS) is 14.3. The first kappa shape index (κ1) is 19.4. The molecule has 0 saturated carbocycles. The average Bonchev–Trinajstić information content (AvgIpc) is 2.40. The maximum atomic E-state index is 11.8. The number of hydrogen-bond donors (Lipinski definition) is 1. The quantitative estimate of drug-likeness (QED) is 0.442. The number of nitrogens with one attached hydrogen (secondary N) is 1. The highest BCUT2D eigenvalue weighted by molar-refractivity contribution is 5.80. The third kappa shape index (κ3) is 8.54. The molecule has 0 radical (unpaired) electrons. The summed E-state index contributed by atoms with van der Waals surface area (Å²) in [5.74, 6) is 0.566. The fourth-order valence-corrected chi connectivity index (χ4v) is 2.26. The zero-order valence-electron chi connectivity index (χ0n) is 14.0. The third-order valence-electron chi connectivity index (χ3n) is 3.49. The SMILES string of the molecule is CCNC(C)(CCCCOCCCC(C)C)C(=O)OC. The summed E-state index contributed by atoms with van der Waals surface area (Å²) < 4.78 is 10.5. The van der Waals surface area contributed by atoms with Gasteiger partial charge in [0.1, 0.15) is 5.54 Å². The molecule has 0 aliphatic heterocycles. The molecule has 4 nitrogen and oxygen atoms in total. The molecule has 0 amide bonds. The lowest BCUT2D eigenvalue weighted by molar-refractivity contribution is -0.148. The van der Waals surface area contributed by atoms with Gasteiger partial charge in [-0.25, -0.2) is 0 Å². The lowest BCUT2D eigenvalue weighted by atomic mass is 9.95. The summed E-state index contributed by atoms with van der Waals surface area (Å²) in [7, 11) is 1.44. The van der Waals surface area contributed by atoms with Gasteiger partial charge in [0.2, 0.25) is 0 Å². The first-order valence-electron chi connectivity index (χ1n) is 7.87. The number of hydrogen-bond acceptors (Lipinski definition) is 4. The van der Waals surface area contributed by atoms with Crippen LogP contribution in [-0.4, -0.2) is 38.4 Å². The van der Waals surface area contributed by atoms with Gasteiger partial charge in [0, 0.05) is 13.2 Å². The number of methoxy groups -OCH3 is 1. The summed E-state index contributed by atoms with van der Waals surface area (Å²) in [5, 5.41) is 3.22. The van der Waals surface area contributed by atoms with Crippen molar-refractivity contribution < 1.29 is 14.3 Å². The molecule has 0 saturated heterocycles. The minimum Gasteiger partial charge on any atom is -0.468 e. The van der Waals surface area contributed by atoms with Crippen molar-refractivity contribution in [3.8, 4) is 0 Å². The molecule has 4 heteroatoms. The van der Waals surface area contributed by atoms with E-state index in [-0.39, 0.29) is 5.97 Å². The smallest absolute Gasteiger partial charge is 0.325 e. The number of carbonyl (C=O) groups is 1. The van der Waals surface area contributed by atoms with E-state index in [9.17, 15) is 4.79 Å². The van der Waals surface area contributed by atoms with Crippen LogP contribution in [0.5, 0.6) is 0 Å². The summed E-state index contributed by atoms with van der Waals surface area (Å²) in [6.07, 6.45) is 5.08. The summed E-state index contributed by atoms with van der Waals surface area (Å²) in [6.45, 7) is 10.8. The van der Waals surface area contributed by atoms with Gasteiger partial charge >= 0.3 is 5.97 Å². The van der Waals surface area contributed by atoms with Crippen molar-refractivity contribution in [2.24, 2.45) is 5.92 Å². The van der Waals surface area contributed by atoms with Crippen molar-refractivity contribution in [3.63, 3.8) is 0 Å². The zero-order chi connectivity index (χ0) is 15.4. The fraction of sp³-hybridized carbons (Fsp3) is 0.938. The van der Waals surface area contributed by atoms with Crippen LogP contribution < -0.4 is 5.32 Å². The Morgan fingerprint density at radius 1 is 1.20 bits per heavy atom. The second-order valence-corrected chi connectivity index (χ2v) is 5.96. The molecule has 0 spiro atoms. The molecule has 0 bridgehead atoms. The Kier molecular flexibility index (Phi) is 10.8. The fourth-order valence-electron chi connectivity index (χ4n) is 2.26. The van der Waals surface area contributed by atoms with Gasteiger partial charge in [-0.05, 0) is 51.5 Å². The minimum absolute atomic E-state index is 0.183. The monoisotopic (exact) mass is 287 g/mol. The molecule has 0 fully saturated rings. The van der Waals surface area contributed by atoms with Gasteiger partial charge in [-0.3, -0.25) is 4.79 Å². The molecule has 120 valence electrons. The van der Waals surface area contributed by atoms with Crippen LogP contribution in [0.3, 0.4) is 0 Å². The predicted molar refractivity (Wildman–Crippen MR) is 82.8 cm³/mol. The zero-order valence-corrected chi connectivity index (χ0v) is 14.0. The van der Waals surface area contributed by atoms with E-state index in [2.05, 4.69) is 19.2 Å². The minimum atomic E-state index is -0.568.